The Kier molecular flexibility index (Phi) is 5.71. The van der Waals surface area contributed by atoms with Crippen molar-refractivity contribution in [3.05, 3.63) is 46.1 Å². The van der Waals surface area contributed by atoms with Gasteiger partial charge in [0, 0.05) is 34.6 Å². The van der Waals surface area contributed by atoms with E-state index in [0.29, 0.717) is 34.2 Å². The highest BCUT2D eigenvalue weighted by Gasteiger charge is 2.22. The van der Waals surface area contributed by atoms with Gasteiger partial charge in [0.2, 0.25) is 0 Å². The van der Waals surface area contributed by atoms with Crippen LogP contribution < -0.4 is 9.47 Å². The molecule has 140 valence electrons. The van der Waals surface area contributed by atoms with E-state index in [4.69, 9.17) is 9.47 Å². The predicted octanol–water partition coefficient (Wildman–Crippen LogP) is 4.48. The second-order valence-corrected chi connectivity index (χ2v) is 7.53. The van der Waals surface area contributed by atoms with Crippen LogP contribution in [-0.4, -0.2) is 23.5 Å². The highest BCUT2D eigenvalue weighted by molar-refractivity contribution is 7.98. The lowest BCUT2D eigenvalue weighted by Gasteiger charge is -2.13. The Morgan fingerprint density at radius 1 is 1.44 bits per heavy atom. The molecule has 1 unspecified atom stereocenters. The number of nitriles is 1. The first-order valence-corrected chi connectivity index (χ1v) is 9.92. The van der Waals surface area contributed by atoms with Gasteiger partial charge in [0.15, 0.2) is 5.78 Å². The standard InChI is InChI=1S/C21H22N2O3S/c1-5-25-19-8-15-6-12(2)26-20(15)9-17(19)11-27-21-16(10-22)7-18(14(4)24)13(3)23-21/h7-9,12H,5-6,11H2,1-4H3. The van der Waals surface area contributed by atoms with E-state index in [2.05, 4.69) is 24.0 Å². The third-order valence-electron chi connectivity index (χ3n) is 4.42. The van der Waals surface area contributed by atoms with Crippen LogP contribution in [0.4, 0.5) is 0 Å². The van der Waals surface area contributed by atoms with Crippen molar-refractivity contribution >= 4 is 17.5 Å². The van der Waals surface area contributed by atoms with Crippen LogP contribution in [0.2, 0.25) is 0 Å². The summed E-state index contributed by atoms with van der Waals surface area (Å²) in [6.45, 7) is 7.87. The van der Waals surface area contributed by atoms with E-state index in [-0.39, 0.29) is 11.9 Å². The van der Waals surface area contributed by atoms with Gasteiger partial charge < -0.3 is 9.47 Å². The number of ether oxygens (including phenoxy) is 2. The molecule has 2 heterocycles. The summed E-state index contributed by atoms with van der Waals surface area (Å²) in [5.41, 5.74) is 3.72. The third-order valence-corrected chi connectivity index (χ3v) is 5.46. The maximum Gasteiger partial charge on any atom is 0.161 e. The summed E-state index contributed by atoms with van der Waals surface area (Å²) in [4.78, 5) is 16.2. The number of hydrogen-bond donors (Lipinski definition) is 0. The first-order chi connectivity index (χ1) is 12.9. The Hall–Kier alpha value is -2.52. The number of Topliss-reactive ketones (excluding diaryl/α,β-unsaturated/α-hetero) is 1. The molecule has 3 rings (SSSR count). The fourth-order valence-electron chi connectivity index (χ4n) is 3.16. The molecule has 0 fully saturated rings. The Bertz CT molecular complexity index is 934. The fraction of sp³-hybridized carbons (Fsp3) is 0.381. The molecule has 0 amide bonds. The number of carbonyl (C=O) groups excluding carboxylic acids is 1. The molecular weight excluding hydrogens is 360 g/mol. The second-order valence-electron chi connectivity index (χ2n) is 6.56. The lowest BCUT2D eigenvalue weighted by molar-refractivity contribution is 0.101. The first kappa shape index (κ1) is 19.2. The lowest BCUT2D eigenvalue weighted by atomic mass is 10.1. The van der Waals surface area contributed by atoms with Crippen LogP contribution >= 0.6 is 11.8 Å². The average molecular weight is 382 g/mol. The van der Waals surface area contributed by atoms with Crippen molar-refractivity contribution in [2.45, 2.75) is 51.0 Å². The molecule has 2 aromatic rings. The zero-order chi connectivity index (χ0) is 19.6. The van der Waals surface area contributed by atoms with Gasteiger partial charge in [-0.25, -0.2) is 4.98 Å². The number of thioether (sulfide) groups is 1. The topological polar surface area (TPSA) is 72.2 Å². The third kappa shape index (κ3) is 4.09. The highest BCUT2D eigenvalue weighted by atomic mass is 32.2. The maximum atomic E-state index is 11.7. The zero-order valence-corrected chi connectivity index (χ0v) is 16.8. The first-order valence-electron chi connectivity index (χ1n) is 8.93. The lowest BCUT2D eigenvalue weighted by Crippen LogP contribution is -2.05. The summed E-state index contributed by atoms with van der Waals surface area (Å²) in [6.07, 6.45) is 1.06. The van der Waals surface area contributed by atoms with E-state index in [1.807, 2.05) is 13.0 Å². The van der Waals surface area contributed by atoms with Crippen molar-refractivity contribution in [3.63, 3.8) is 0 Å². The molecule has 0 N–H and O–H groups in total. The van der Waals surface area contributed by atoms with Gasteiger partial charge in [-0.3, -0.25) is 4.79 Å². The number of pyridine rings is 1. The summed E-state index contributed by atoms with van der Waals surface area (Å²) in [5.74, 6) is 2.26. The number of benzene rings is 1. The van der Waals surface area contributed by atoms with E-state index in [0.717, 1.165) is 29.0 Å². The van der Waals surface area contributed by atoms with Gasteiger partial charge in [0.25, 0.3) is 0 Å². The maximum absolute atomic E-state index is 11.7. The number of aryl methyl sites for hydroxylation is 1. The van der Waals surface area contributed by atoms with Crippen molar-refractivity contribution in [2.24, 2.45) is 0 Å². The Balaban J connectivity index is 1.89. The van der Waals surface area contributed by atoms with Crippen molar-refractivity contribution in [1.29, 1.82) is 5.26 Å². The summed E-state index contributed by atoms with van der Waals surface area (Å²) in [6, 6.07) is 7.86. The number of carbonyl (C=O) groups is 1. The Morgan fingerprint density at radius 3 is 2.89 bits per heavy atom. The van der Waals surface area contributed by atoms with E-state index in [9.17, 15) is 10.1 Å². The largest absolute Gasteiger partial charge is 0.494 e. The quantitative estimate of drug-likeness (QED) is 0.542. The van der Waals surface area contributed by atoms with Crippen LogP contribution in [0.15, 0.2) is 23.2 Å². The SMILES string of the molecule is CCOc1cc2c(cc1CSc1nc(C)c(C(C)=O)cc1C#N)OC(C)C2. The molecule has 1 aliphatic rings. The average Bonchev–Trinajstić information content (AvgIpc) is 2.98. The minimum atomic E-state index is -0.0865. The summed E-state index contributed by atoms with van der Waals surface area (Å²) in [5, 5.41) is 10.1. The molecule has 5 nitrogen and oxygen atoms in total. The number of fused-ring (bicyclic) bond motifs is 1. The van der Waals surface area contributed by atoms with E-state index in [1.165, 1.54) is 18.7 Å². The van der Waals surface area contributed by atoms with Crippen molar-refractivity contribution in [3.8, 4) is 17.6 Å². The van der Waals surface area contributed by atoms with Crippen LogP contribution in [0.25, 0.3) is 0 Å². The molecule has 0 aliphatic carbocycles. The van der Waals surface area contributed by atoms with Crippen molar-refractivity contribution in [1.82, 2.24) is 4.98 Å². The van der Waals surface area contributed by atoms with E-state index in [1.54, 1.807) is 13.0 Å². The van der Waals surface area contributed by atoms with Gasteiger partial charge in [0.05, 0.1) is 12.2 Å². The fourth-order valence-corrected chi connectivity index (χ4v) is 4.14. The van der Waals surface area contributed by atoms with Crippen LogP contribution in [-0.2, 0) is 12.2 Å². The van der Waals surface area contributed by atoms with Gasteiger partial charge in [-0.15, -0.1) is 11.8 Å². The molecule has 0 saturated carbocycles. The van der Waals surface area contributed by atoms with Gasteiger partial charge in [-0.2, -0.15) is 5.26 Å². The molecular formula is C21H22N2O3S. The van der Waals surface area contributed by atoms with Crippen molar-refractivity contribution < 1.29 is 14.3 Å². The number of nitrogens with zero attached hydrogens (tertiary/aromatic N) is 2. The Morgan fingerprint density at radius 2 is 2.22 bits per heavy atom. The van der Waals surface area contributed by atoms with Crippen LogP contribution in [0.5, 0.6) is 11.5 Å². The summed E-state index contributed by atoms with van der Waals surface area (Å²) < 4.78 is 11.7. The number of ketones is 1. The number of rotatable bonds is 6. The van der Waals surface area contributed by atoms with E-state index >= 15 is 0 Å². The van der Waals surface area contributed by atoms with Gasteiger partial charge in [-0.1, -0.05) is 0 Å². The normalized spacial score (nSPS) is 15.0. The molecule has 6 heteroatoms. The molecule has 0 spiro atoms. The molecule has 27 heavy (non-hydrogen) atoms. The molecule has 0 saturated heterocycles. The van der Waals surface area contributed by atoms with Crippen LogP contribution in [0, 0.1) is 18.3 Å². The summed E-state index contributed by atoms with van der Waals surface area (Å²) >= 11 is 1.47. The zero-order valence-electron chi connectivity index (χ0n) is 16.0. The number of aromatic nitrogens is 1. The molecule has 1 aliphatic heterocycles. The minimum Gasteiger partial charge on any atom is -0.494 e. The highest BCUT2D eigenvalue weighted by Crippen LogP contribution is 2.38. The predicted molar refractivity (Wildman–Crippen MR) is 105 cm³/mol. The minimum absolute atomic E-state index is 0.0865. The molecule has 1 aromatic carbocycles. The van der Waals surface area contributed by atoms with Crippen molar-refractivity contribution in [2.75, 3.05) is 6.61 Å². The number of hydrogen-bond acceptors (Lipinski definition) is 6. The van der Waals surface area contributed by atoms with Gasteiger partial charge in [-0.05, 0) is 45.9 Å². The molecule has 0 radical (unpaired) electrons. The van der Waals surface area contributed by atoms with Gasteiger partial charge in [0.1, 0.15) is 28.7 Å². The second kappa shape index (κ2) is 8.01. The van der Waals surface area contributed by atoms with Crippen LogP contribution in [0.1, 0.15) is 53.5 Å². The van der Waals surface area contributed by atoms with Crippen LogP contribution in [0.3, 0.4) is 0 Å². The molecule has 1 atom stereocenters. The van der Waals surface area contributed by atoms with Gasteiger partial charge >= 0.3 is 0 Å². The monoisotopic (exact) mass is 382 g/mol. The molecule has 0 bridgehead atoms. The molecule has 1 aromatic heterocycles. The van der Waals surface area contributed by atoms with E-state index < -0.39 is 0 Å². The summed E-state index contributed by atoms with van der Waals surface area (Å²) in [7, 11) is 0. The Labute approximate surface area is 163 Å². The smallest absolute Gasteiger partial charge is 0.161 e.